The molecule has 0 bridgehead atoms. The van der Waals surface area contributed by atoms with E-state index in [1.165, 1.54) is 6.07 Å². The molecule has 0 atom stereocenters. The van der Waals surface area contributed by atoms with E-state index in [-0.39, 0.29) is 28.1 Å². The Labute approximate surface area is 148 Å². The Balaban J connectivity index is 2.72. The van der Waals surface area contributed by atoms with Crippen LogP contribution in [-0.2, 0) is 6.18 Å². The van der Waals surface area contributed by atoms with Crippen LogP contribution in [0.4, 0.5) is 17.6 Å². The lowest BCUT2D eigenvalue weighted by molar-refractivity contribution is -0.141. The van der Waals surface area contributed by atoms with E-state index < -0.39 is 29.3 Å². The van der Waals surface area contributed by atoms with Crippen LogP contribution >= 0.6 is 15.9 Å². The van der Waals surface area contributed by atoms with Crippen molar-refractivity contribution in [3.63, 3.8) is 0 Å². The fourth-order valence-corrected chi connectivity index (χ4v) is 2.41. The van der Waals surface area contributed by atoms with Gasteiger partial charge in [-0.05, 0) is 35.8 Å². The SMILES string of the molecule is COc1nc(C(F)(F)F)cc(=O)n1-c1cc(OC(C)C)c(Br)cc1F. The molecule has 0 fully saturated rings. The van der Waals surface area contributed by atoms with Crippen LogP contribution in [0.15, 0.2) is 27.5 Å². The quantitative estimate of drug-likeness (QED) is 0.697. The van der Waals surface area contributed by atoms with E-state index in [2.05, 4.69) is 20.9 Å². The summed E-state index contributed by atoms with van der Waals surface area (Å²) in [7, 11) is 1.03. The number of halogens is 5. The zero-order valence-electron chi connectivity index (χ0n) is 13.3. The van der Waals surface area contributed by atoms with Crippen LogP contribution in [0.2, 0.25) is 0 Å². The topological polar surface area (TPSA) is 53.3 Å². The lowest BCUT2D eigenvalue weighted by atomic mass is 10.2. The highest BCUT2D eigenvalue weighted by atomic mass is 79.9. The molecule has 136 valence electrons. The van der Waals surface area contributed by atoms with Gasteiger partial charge in [0, 0.05) is 12.1 Å². The van der Waals surface area contributed by atoms with Crippen LogP contribution in [-0.4, -0.2) is 22.8 Å². The van der Waals surface area contributed by atoms with Crippen LogP contribution in [0.1, 0.15) is 19.5 Å². The zero-order valence-corrected chi connectivity index (χ0v) is 14.9. The molecule has 1 aromatic carbocycles. The number of hydrogen-bond donors (Lipinski definition) is 0. The molecule has 0 unspecified atom stereocenters. The minimum absolute atomic E-state index is 0.209. The smallest absolute Gasteiger partial charge is 0.433 e. The first-order chi connectivity index (χ1) is 11.5. The van der Waals surface area contributed by atoms with E-state index in [1.54, 1.807) is 13.8 Å². The van der Waals surface area contributed by atoms with Crippen molar-refractivity contribution < 1.29 is 27.0 Å². The molecule has 5 nitrogen and oxygen atoms in total. The first-order valence-electron chi connectivity index (χ1n) is 6.96. The highest BCUT2D eigenvalue weighted by molar-refractivity contribution is 9.10. The van der Waals surface area contributed by atoms with Crippen LogP contribution in [0.5, 0.6) is 11.8 Å². The predicted molar refractivity (Wildman–Crippen MR) is 84.8 cm³/mol. The maximum Gasteiger partial charge on any atom is 0.433 e. The van der Waals surface area contributed by atoms with Gasteiger partial charge in [-0.3, -0.25) is 4.79 Å². The highest BCUT2D eigenvalue weighted by Gasteiger charge is 2.35. The van der Waals surface area contributed by atoms with Gasteiger partial charge in [0.05, 0.1) is 23.4 Å². The third kappa shape index (κ3) is 4.12. The summed E-state index contributed by atoms with van der Waals surface area (Å²) in [5.41, 5.74) is -2.92. The van der Waals surface area contributed by atoms with Gasteiger partial charge in [-0.15, -0.1) is 0 Å². The van der Waals surface area contributed by atoms with E-state index in [1.807, 2.05) is 0 Å². The third-order valence-corrected chi connectivity index (χ3v) is 3.59. The Morgan fingerprint density at radius 2 is 1.88 bits per heavy atom. The molecule has 0 aliphatic heterocycles. The molecule has 2 aromatic rings. The number of methoxy groups -OCH3 is 1. The van der Waals surface area contributed by atoms with Crippen LogP contribution in [0.3, 0.4) is 0 Å². The first kappa shape index (κ1) is 19.2. The van der Waals surface area contributed by atoms with Crippen LogP contribution in [0.25, 0.3) is 5.69 Å². The van der Waals surface area contributed by atoms with Crippen molar-refractivity contribution in [2.45, 2.75) is 26.1 Å². The van der Waals surface area contributed by atoms with Crippen molar-refractivity contribution in [3.05, 3.63) is 44.5 Å². The molecule has 10 heteroatoms. The Kier molecular flexibility index (Phi) is 5.40. The Morgan fingerprint density at radius 3 is 2.40 bits per heavy atom. The zero-order chi connectivity index (χ0) is 18.9. The molecule has 0 saturated carbocycles. The van der Waals surface area contributed by atoms with Gasteiger partial charge < -0.3 is 9.47 Å². The molecule has 2 rings (SSSR count). The van der Waals surface area contributed by atoms with Crippen molar-refractivity contribution >= 4 is 15.9 Å². The Bertz CT molecular complexity index is 850. The summed E-state index contributed by atoms with van der Waals surface area (Å²) in [5, 5.41) is 0. The van der Waals surface area contributed by atoms with E-state index >= 15 is 0 Å². The van der Waals surface area contributed by atoms with Crippen molar-refractivity contribution in [1.29, 1.82) is 0 Å². The fourth-order valence-electron chi connectivity index (χ4n) is 2.00. The summed E-state index contributed by atoms with van der Waals surface area (Å²) in [6.45, 7) is 3.48. The maximum atomic E-state index is 14.3. The molecule has 1 heterocycles. The number of benzene rings is 1. The van der Waals surface area contributed by atoms with Crippen LogP contribution < -0.4 is 15.0 Å². The number of rotatable bonds is 4. The van der Waals surface area contributed by atoms with Crippen molar-refractivity contribution in [1.82, 2.24) is 9.55 Å². The van der Waals surface area contributed by atoms with Gasteiger partial charge in [-0.2, -0.15) is 18.2 Å². The summed E-state index contributed by atoms with van der Waals surface area (Å²) in [5.74, 6) is -0.662. The molecule has 0 saturated heterocycles. The standard InChI is InChI=1S/C15H13BrF4N2O3/c1-7(2)25-11-5-10(9(17)4-8(11)16)22-13(23)6-12(15(18,19)20)21-14(22)24-3/h4-7H,1-3H3. The molecule has 0 amide bonds. The van der Waals surface area contributed by atoms with E-state index in [0.29, 0.717) is 4.57 Å². The molecule has 0 radical (unpaired) electrons. The summed E-state index contributed by atoms with van der Waals surface area (Å²) in [6, 6.07) is 1.79. The third-order valence-electron chi connectivity index (χ3n) is 2.97. The number of ether oxygens (including phenoxy) is 2. The maximum absolute atomic E-state index is 14.3. The van der Waals surface area contributed by atoms with Gasteiger partial charge in [0.25, 0.3) is 5.56 Å². The largest absolute Gasteiger partial charge is 0.490 e. The highest BCUT2D eigenvalue weighted by Crippen LogP contribution is 2.33. The lowest BCUT2D eigenvalue weighted by Crippen LogP contribution is -2.25. The molecule has 0 aliphatic rings. The molecule has 0 aliphatic carbocycles. The minimum Gasteiger partial charge on any atom is -0.490 e. The molecule has 0 spiro atoms. The van der Waals surface area contributed by atoms with E-state index in [0.717, 1.165) is 13.2 Å². The second-order valence-corrected chi connectivity index (χ2v) is 6.05. The van der Waals surface area contributed by atoms with E-state index in [4.69, 9.17) is 9.47 Å². The van der Waals surface area contributed by atoms with Crippen LogP contribution in [0, 0.1) is 5.82 Å². The summed E-state index contributed by atoms with van der Waals surface area (Å²) in [6.07, 6.45) is -5.09. The minimum atomic E-state index is -4.84. The van der Waals surface area contributed by atoms with E-state index in [9.17, 15) is 22.4 Å². The molecule has 1 aromatic heterocycles. The first-order valence-corrected chi connectivity index (χ1v) is 7.75. The lowest BCUT2D eigenvalue weighted by Gasteiger charge is -2.17. The number of alkyl halides is 3. The van der Waals surface area contributed by atoms with Crippen molar-refractivity contribution in [2.75, 3.05) is 7.11 Å². The van der Waals surface area contributed by atoms with Crippen molar-refractivity contribution in [3.8, 4) is 17.4 Å². The summed E-state index contributed by atoms with van der Waals surface area (Å²) >= 11 is 3.13. The predicted octanol–water partition coefficient (Wildman–Crippen LogP) is 3.95. The monoisotopic (exact) mass is 424 g/mol. The summed E-state index contributed by atoms with van der Waals surface area (Å²) < 4.78 is 63.8. The summed E-state index contributed by atoms with van der Waals surface area (Å²) in [4.78, 5) is 15.4. The number of aromatic nitrogens is 2. The molecular formula is C15H13BrF4N2O3. The number of nitrogens with zero attached hydrogens (tertiary/aromatic N) is 2. The number of hydrogen-bond acceptors (Lipinski definition) is 4. The Morgan fingerprint density at radius 1 is 1.24 bits per heavy atom. The average molecular weight is 425 g/mol. The van der Waals surface area contributed by atoms with Gasteiger partial charge in [0.1, 0.15) is 11.6 Å². The normalized spacial score (nSPS) is 11.7. The fraction of sp³-hybridized carbons (Fsp3) is 0.333. The Hall–Kier alpha value is -2.10. The molecule has 0 N–H and O–H groups in total. The van der Waals surface area contributed by atoms with Gasteiger partial charge in [0.15, 0.2) is 5.69 Å². The average Bonchev–Trinajstić information content (AvgIpc) is 2.48. The van der Waals surface area contributed by atoms with Gasteiger partial charge in [-0.25, -0.2) is 8.96 Å². The molecular weight excluding hydrogens is 412 g/mol. The second-order valence-electron chi connectivity index (χ2n) is 5.20. The molecule has 25 heavy (non-hydrogen) atoms. The van der Waals surface area contributed by atoms with Crippen molar-refractivity contribution in [2.24, 2.45) is 0 Å². The van der Waals surface area contributed by atoms with Gasteiger partial charge in [0.2, 0.25) is 0 Å². The second kappa shape index (κ2) is 7.03. The van der Waals surface area contributed by atoms with Gasteiger partial charge in [-0.1, -0.05) is 0 Å². The van der Waals surface area contributed by atoms with Gasteiger partial charge >= 0.3 is 12.2 Å².